The molecule has 6 nitrogen and oxygen atoms in total. The highest BCUT2D eigenvalue weighted by Crippen LogP contribution is 2.24. The molecule has 0 aromatic rings. The maximum Gasteiger partial charge on any atom is 0.306 e. The summed E-state index contributed by atoms with van der Waals surface area (Å²) in [4.78, 5) is 38.4. The van der Waals surface area contributed by atoms with Crippen molar-refractivity contribution >= 4 is 17.7 Å². The lowest BCUT2D eigenvalue weighted by atomic mass is 9.92. The van der Waals surface area contributed by atoms with Gasteiger partial charge in [0.15, 0.2) is 6.10 Å². The molecule has 0 N–H and O–H groups in total. The average Bonchev–Trinajstić information content (AvgIpc) is 3.16. The van der Waals surface area contributed by atoms with E-state index in [1.54, 1.807) is 6.92 Å². The van der Waals surface area contributed by atoms with Gasteiger partial charge in [-0.1, -0.05) is 58.3 Å². The number of Topliss-reactive ketones (excluding diaryl/α,β-unsaturated/α-hetero) is 1. The molecule has 2 heterocycles. The zero-order chi connectivity index (χ0) is 24.1. The largest absolute Gasteiger partial charge is 0.454 e. The molecule has 1 atom stereocenters. The van der Waals surface area contributed by atoms with Gasteiger partial charge in [-0.3, -0.25) is 14.4 Å². The van der Waals surface area contributed by atoms with Crippen LogP contribution in [0.3, 0.4) is 0 Å². The van der Waals surface area contributed by atoms with E-state index in [1.807, 2.05) is 4.90 Å². The Balaban J connectivity index is 1.76. The molecule has 0 spiro atoms. The number of likely N-dealkylation sites (tertiary alicyclic amines) is 2. The van der Waals surface area contributed by atoms with Gasteiger partial charge >= 0.3 is 5.97 Å². The molecule has 0 aliphatic carbocycles. The first-order chi connectivity index (χ1) is 15.8. The second kappa shape index (κ2) is 14.7. The smallest absolute Gasteiger partial charge is 0.306 e. The van der Waals surface area contributed by atoms with Crippen LogP contribution < -0.4 is 0 Å². The first-order valence-electron chi connectivity index (χ1n) is 13.6. The average molecular weight is 466 g/mol. The maximum absolute atomic E-state index is 12.6. The van der Waals surface area contributed by atoms with Crippen molar-refractivity contribution in [3.8, 4) is 0 Å². The highest BCUT2D eigenvalue weighted by molar-refractivity contribution is 5.78. The number of carbonyl (C=O) groups excluding carboxylic acids is 3. The lowest BCUT2D eigenvalue weighted by Gasteiger charge is -2.42. The van der Waals surface area contributed by atoms with Crippen molar-refractivity contribution in [1.82, 2.24) is 4.90 Å². The number of hydrogen-bond acceptors (Lipinski definition) is 4. The standard InChI is InChI=1S/C27H49N2O4/c1-4-5-6-7-8-9-10-11-12-15-27(32)33-25(21-28-18-13-14-26(28)31)22-29(3)19-16-24(17-20-29)23(2)30/h24-25H,4-22H2,1-3H3/q+1. The number of hydrogen-bond donors (Lipinski definition) is 0. The van der Waals surface area contributed by atoms with Gasteiger partial charge in [0.25, 0.3) is 0 Å². The summed E-state index contributed by atoms with van der Waals surface area (Å²) >= 11 is 0. The van der Waals surface area contributed by atoms with Crippen LogP contribution in [0.4, 0.5) is 0 Å². The van der Waals surface area contributed by atoms with Crippen molar-refractivity contribution in [2.24, 2.45) is 5.92 Å². The van der Waals surface area contributed by atoms with Crippen molar-refractivity contribution in [1.29, 1.82) is 0 Å². The summed E-state index contributed by atoms with van der Waals surface area (Å²) in [6, 6.07) is 0. The van der Waals surface area contributed by atoms with Gasteiger partial charge in [0.1, 0.15) is 12.3 Å². The van der Waals surface area contributed by atoms with Crippen molar-refractivity contribution in [2.75, 3.05) is 39.8 Å². The van der Waals surface area contributed by atoms with E-state index in [0.29, 0.717) is 19.4 Å². The SMILES string of the molecule is CCCCCCCCCCCC(=O)OC(CN1CCCC1=O)C[N+]1(C)CCC(C(C)=O)CC1. The van der Waals surface area contributed by atoms with Crippen LogP contribution in [0.5, 0.6) is 0 Å². The van der Waals surface area contributed by atoms with Gasteiger partial charge in [0, 0.05) is 38.1 Å². The lowest BCUT2D eigenvalue weighted by Crippen LogP contribution is -2.56. The normalized spacial score (nSPS) is 24.2. The highest BCUT2D eigenvalue weighted by Gasteiger charge is 2.36. The molecule has 0 saturated carbocycles. The van der Waals surface area contributed by atoms with Gasteiger partial charge in [-0.15, -0.1) is 0 Å². The summed E-state index contributed by atoms with van der Waals surface area (Å²) in [6.07, 6.45) is 14.5. The molecule has 1 unspecified atom stereocenters. The van der Waals surface area contributed by atoms with Gasteiger partial charge in [-0.05, 0) is 19.8 Å². The molecule has 2 rings (SSSR count). The van der Waals surface area contributed by atoms with Crippen molar-refractivity contribution in [2.45, 2.75) is 110 Å². The molecule has 6 heteroatoms. The molecule has 2 saturated heterocycles. The van der Waals surface area contributed by atoms with Crippen molar-refractivity contribution in [3.05, 3.63) is 0 Å². The van der Waals surface area contributed by atoms with Crippen LogP contribution >= 0.6 is 0 Å². The Morgan fingerprint density at radius 3 is 2.18 bits per heavy atom. The second-order valence-corrected chi connectivity index (χ2v) is 10.8. The van der Waals surface area contributed by atoms with Gasteiger partial charge in [0.05, 0.1) is 26.7 Å². The van der Waals surface area contributed by atoms with Crippen LogP contribution in [0.1, 0.15) is 104 Å². The summed E-state index contributed by atoms with van der Waals surface area (Å²) in [5.74, 6) is 0.504. The van der Waals surface area contributed by atoms with Gasteiger partial charge < -0.3 is 14.1 Å². The van der Waals surface area contributed by atoms with E-state index < -0.39 is 0 Å². The zero-order valence-corrected chi connectivity index (χ0v) is 21.6. The molecule has 190 valence electrons. The third-order valence-electron chi connectivity index (χ3n) is 7.63. The Bertz CT molecular complexity index is 613. The van der Waals surface area contributed by atoms with Crippen LogP contribution in [0.2, 0.25) is 0 Å². The van der Waals surface area contributed by atoms with Gasteiger partial charge in [0.2, 0.25) is 5.91 Å². The second-order valence-electron chi connectivity index (χ2n) is 10.8. The molecule has 0 radical (unpaired) electrons. The van der Waals surface area contributed by atoms with Crippen LogP contribution in [-0.4, -0.2) is 72.9 Å². The Hall–Kier alpha value is -1.43. The van der Waals surface area contributed by atoms with Crippen molar-refractivity contribution < 1.29 is 23.6 Å². The van der Waals surface area contributed by atoms with E-state index in [0.717, 1.165) is 62.8 Å². The molecule has 2 aliphatic rings. The van der Waals surface area contributed by atoms with Crippen LogP contribution in [0.25, 0.3) is 0 Å². The summed E-state index contributed by atoms with van der Waals surface area (Å²) < 4.78 is 6.77. The number of rotatable bonds is 16. The predicted molar refractivity (Wildman–Crippen MR) is 132 cm³/mol. The molecule has 1 amide bonds. The number of esters is 1. The van der Waals surface area contributed by atoms with E-state index in [-0.39, 0.29) is 29.7 Å². The Labute approximate surface area is 202 Å². The molecule has 0 bridgehead atoms. The number of ether oxygens (including phenoxy) is 1. The fraction of sp³-hybridized carbons (Fsp3) is 0.889. The Kier molecular flexibility index (Phi) is 12.4. The summed E-state index contributed by atoms with van der Waals surface area (Å²) in [7, 11) is 2.20. The van der Waals surface area contributed by atoms with E-state index in [9.17, 15) is 14.4 Å². The quantitative estimate of drug-likeness (QED) is 0.185. The topological polar surface area (TPSA) is 63.7 Å². The number of piperidine rings is 1. The number of carbonyl (C=O) groups is 3. The van der Waals surface area contributed by atoms with Crippen LogP contribution in [0, 0.1) is 5.92 Å². The highest BCUT2D eigenvalue weighted by atomic mass is 16.5. The minimum Gasteiger partial charge on any atom is -0.454 e. The van der Waals surface area contributed by atoms with E-state index in [2.05, 4.69) is 14.0 Å². The number of unbranched alkanes of at least 4 members (excludes halogenated alkanes) is 8. The van der Waals surface area contributed by atoms with Gasteiger partial charge in [-0.25, -0.2) is 0 Å². The number of ketones is 1. The van der Waals surface area contributed by atoms with Crippen LogP contribution in [-0.2, 0) is 19.1 Å². The maximum atomic E-state index is 12.6. The molecule has 2 fully saturated rings. The van der Waals surface area contributed by atoms with E-state index in [4.69, 9.17) is 4.74 Å². The molecule has 0 aromatic heterocycles. The van der Waals surface area contributed by atoms with Gasteiger partial charge in [-0.2, -0.15) is 0 Å². The molecular formula is C27H49N2O4+. The summed E-state index contributed by atoms with van der Waals surface area (Å²) in [5.41, 5.74) is 0. The minimum atomic E-state index is -0.267. The molecular weight excluding hydrogens is 416 g/mol. The van der Waals surface area contributed by atoms with Crippen LogP contribution in [0.15, 0.2) is 0 Å². The molecule has 0 aromatic carbocycles. The number of likely N-dealkylation sites (N-methyl/N-ethyl adjacent to an activating group) is 1. The first kappa shape index (κ1) is 27.8. The first-order valence-corrected chi connectivity index (χ1v) is 13.6. The molecule has 2 aliphatic heterocycles. The monoisotopic (exact) mass is 465 g/mol. The zero-order valence-electron chi connectivity index (χ0n) is 21.6. The third kappa shape index (κ3) is 10.6. The lowest BCUT2D eigenvalue weighted by molar-refractivity contribution is -0.917. The number of nitrogens with zero attached hydrogens (tertiary/aromatic N) is 2. The summed E-state index contributed by atoms with van der Waals surface area (Å²) in [6.45, 7) is 7.77. The number of amides is 1. The third-order valence-corrected chi connectivity index (χ3v) is 7.63. The van der Waals surface area contributed by atoms with E-state index in [1.165, 1.54) is 44.9 Å². The minimum absolute atomic E-state index is 0.125. The Morgan fingerprint density at radius 1 is 1.03 bits per heavy atom. The fourth-order valence-corrected chi connectivity index (χ4v) is 5.37. The summed E-state index contributed by atoms with van der Waals surface area (Å²) in [5, 5.41) is 0. The Morgan fingerprint density at radius 2 is 1.64 bits per heavy atom. The predicted octanol–water partition coefficient (Wildman–Crippen LogP) is 4.89. The van der Waals surface area contributed by atoms with E-state index >= 15 is 0 Å². The number of quaternary nitrogens is 1. The fourth-order valence-electron chi connectivity index (χ4n) is 5.37. The molecule has 33 heavy (non-hydrogen) atoms. The van der Waals surface area contributed by atoms with Crippen molar-refractivity contribution in [3.63, 3.8) is 0 Å².